The molecular formula is C15H18N6O. The Labute approximate surface area is 129 Å². The molecule has 2 rings (SSSR count). The first kappa shape index (κ1) is 15.5. The Balaban J connectivity index is 2.09. The third-order valence-electron chi connectivity index (χ3n) is 3.23. The van der Waals surface area contributed by atoms with Crippen molar-refractivity contribution in [2.45, 2.75) is 19.9 Å². The van der Waals surface area contributed by atoms with Crippen LogP contribution in [0.4, 0.5) is 10.5 Å². The van der Waals surface area contributed by atoms with Gasteiger partial charge < -0.3 is 10.6 Å². The van der Waals surface area contributed by atoms with Crippen molar-refractivity contribution < 1.29 is 4.79 Å². The molecule has 1 atom stereocenters. The van der Waals surface area contributed by atoms with E-state index in [2.05, 4.69) is 20.7 Å². The zero-order valence-electron chi connectivity index (χ0n) is 12.7. The third kappa shape index (κ3) is 3.61. The fourth-order valence-electron chi connectivity index (χ4n) is 2.09. The number of aromatic nitrogens is 3. The maximum atomic E-state index is 12.2. The van der Waals surface area contributed by atoms with Gasteiger partial charge in [0, 0.05) is 12.7 Å². The molecule has 2 aromatic rings. The van der Waals surface area contributed by atoms with E-state index < -0.39 is 0 Å². The fourth-order valence-corrected chi connectivity index (χ4v) is 2.09. The number of aryl methyl sites for hydroxylation is 1. The van der Waals surface area contributed by atoms with Crippen molar-refractivity contribution in [1.29, 1.82) is 5.26 Å². The lowest BCUT2D eigenvalue weighted by Gasteiger charge is -2.21. The molecule has 1 aromatic carbocycles. The van der Waals surface area contributed by atoms with Crippen molar-refractivity contribution in [1.82, 2.24) is 20.1 Å². The number of hydrogen-bond acceptors (Lipinski definition) is 4. The van der Waals surface area contributed by atoms with Crippen LogP contribution in [0.5, 0.6) is 0 Å². The second kappa shape index (κ2) is 6.72. The number of benzene rings is 1. The minimum Gasteiger partial charge on any atom is -0.328 e. The monoisotopic (exact) mass is 298 g/mol. The molecule has 0 aliphatic carbocycles. The van der Waals surface area contributed by atoms with Gasteiger partial charge in [0.25, 0.3) is 0 Å². The standard InChI is InChI=1S/C15H18N6O/c1-10(2)13(14-17-9-18-21(14)3)20-15(22)19-12-6-4-5-11(7-12)8-16/h4-7,9-10,13H,1-3H3,(H2,19,20,22)/t13-/m0/s1. The van der Waals surface area contributed by atoms with Gasteiger partial charge in [-0.25, -0.2) is 9.78 Å². The van der Waals surface area contributed by atoms with E-state index in [0.717, 1.165) is 0 Å². The van der Waals surface area contributed by atoms with Crippen molar-refractivity contribution in [2.75, 3.05) is 5.32 Å². The average Bonchev–Trinajstić information content (AvgIpc) is 2.90. The number of nitrogens with zero attached hydrogens (tertiary/aromatic N) is 4. The van der Waals surface area contributed by atoms with Crippen LogP contribution < -0.4 is 10.6 Å². The molecule has 0 fully saturated rings. The zero-order valence-corrected chi connectivity index (χ0v) is 12.7. The van der Waals surface area contributed by atoms with Gasteiger partial charge in [0.2, 0.25) is 0 Å². The summed E-state index contributed by atoms with van der Waals surface area (Å²) in [5.41, 5.74) is 1.06. The van der Waals surface area contributed by atoms with Gasteiger partial charge in [-0.1, -0.05) is 19.9 Å². The van der Waals surface area contributed by atoms with E-state index in [0.29, 0.717) is 17.1 Å². The summed E-state index contributed by atoms with van der Waals surface area (Å²) in [6.45, 7) is 3.99. The summed E-state index contributed by atoms with van der Waals surface area (Å²) in [5.74, 6) is 0.843. The molecule has 0 spiro atoms. The summed E-state index contributed by atoms with van der Waals surface area (Å²) in [6, 6.07) is 8.17. The number of amides is 2. The molecule has 2 N–H and O–H groups in total. The molecule has 0 saturated carbocycles. The molecule has 7 heteroatoms. The van der Waals surface area contributed by atoms with Crippen LogP contribution in [0.1, 0.15) is 31.3 Å². The van der Waals surface area contributed by atoms with Crippen LogP contribution in [0.2, 0.25) is 0 Å². The van der Waals surface area contributed by atoms with Gasteiger partial charge in [-0.05, 0) is 24.1 Å². The molecule has 1 heterocycles. The highest BCUT2D eigenvalue weighted by Crippen LogP contribution is 2.19. The summed E-state index contributed by atoms with van der Waals surface area (Å²) < 4.78 is 1.64. The van der Waals surface area contributed by atoms with Gasteiger partial charge in [-0.15, -0.1) is 0 Å². The second-order valence-corrected chi connectivity index (χ2v) is 5.25. The Kier molecular flexibility index (Phi) is 4.73. The first-order chi connectivity index (χ1) is 10.5. The number of anilines is 1. The molecule has 0 aliphatic rings. The molecule has 22 heavy (non-hydrogen) atoms. The highest BCUT2D eigenvalue weighted by atomic mass is 16.2. The number of hydrogen-bond donors (Lipinski definition) is 2. The molecule has 0 saturated heterocycles. The molecule has 0 aliphatic heterocycles. The number of carbonyl (C=O) groups is 1. The molecule has 1 aromatic heterocycles. The largest absolute Gasteiger partial charge is 0.328 e. The first-order valence-corrected chi connectivity index (χ1v) is 6.93. The van der Waals surface area contributed by atoms with Gasteiger partial charge >= 0.3 is 6.03 Å². The minimum atomic E-state index is -0.350. The lowest BCUT2D eigenvalue weighted by atomic mass is 10.0. The number of carbonyl (C=O) groups excluding carboxylic acids is 1. The van der Waals surface area contributed by atoms with E-state index in [9.17, 15) is 4.79 Å². The van der Waals surface area contributed by atoms with Gasteiger partial charge in [0.05, 0.1) is 17.7 Å². The van der Waals surface area contributed by atoms with Crippen molar-refractivity contribution >= 4 is 11.7 Å². The van der Waals surface area contributed by atoms with E-state index in [-0.39, 0.29) is 18.0 Å². The summed E-state index contributed by atoms with van der Waals surface area (Å²) in [5, 5.41) is 18.5. The van der Waals surface area contributed by atoms with Crippen molar-refractivity contribution in [3.05, 3.63) is 42.0 Å². The highest BCUT2D eigenvalue weighted by molar-refractivity contribution is 5.89. The Bertz CT molecular complexity index is 700. The molecule has 0 radical (unpaired) electrons. The fraction of sp³-hybridized carbons (Fsp3) is 0.333. The Morgan fingerprint density at radius 2 is 2.18 bits per heavy atom. The van der Waals surface area contributed by atoms with Crippen LogP contribution in [0, 0.1) is 17.2 Å². The molecule has 0 bridgehead atoms. The lowest BCUT2D eigenvalue weighted by Crippen LogP contribution is -2.36. The summed E-state index contributed by atoms with van der Waals surface area (Å²) >= 11 is 0. The molecule has 0 unspecified atom stereocenters. The smallest absolute Gasteiger partial charge is 0.319 e. The number of urea groups is 1. The zero-order chi connectivity index (χ0) is 16.1. The van der Waals surface area contributed by atoms with E-state index in [4.69, 9.17) is 5.26 Å². The van der Waals surface area contributed by atoms with Crippen molar-refractivity contribution in [3.63, 3.8) is 0 Å². The van der Waals surface area contributed by atoms with E-state index in [1.54, 1.807) is 36.0 Å². The quantitative estimate of drug-likeness (QED) is 0.904. The highest BCUT2D eigenvalue weighted by Gasteiger charge is 2.22. The van der Waals surface area contributed by atoms with E-state index in [1.165, 1.54) is 6.33 Å². The van der Waals surface area contributed by atoms with Gasteiger partial charge in [0.15, 0.2) is 0 Å². The topological polar surface area (TPSA) is 95.6 Å². The molecule has 2 amide bonds. The molecular weight excluding hydrogens is 280 g/mol. The maximum Gasteiger partial charge on any atom is 0.319 e. The van der Waals surface area contributed by atoms with Crippen LogP contribution in [0.25, 0.3) is 0 Å². The summed E-state index contributed by atoms with van der Waals surface area (Å²) in [4.78, 5) is 16.4. The van der Waals surface area contributed by atoms with Gasteiger partial charge in [0.1, 0.15) is 12.2 Å². The van der Waals surface area contributed by atoms with Crippen molar-refractivity contribution in [3.8, 4) is 6.07 Å². The van der Waals surface area contributed by atoms with Crippen LogP contribution in [-0.4, -0.2) is 20.8 Å². The van der Waals surface area contributed by atoms with E-state index in [1.807, 2.05) is 19.9 Å². The van der Waals surface area contributed by atoms with Crippen LogP contribution >= 0.6 is 0 Å². The Hall–Kier alpha value is -2.88. The second-order valence-electron chi connectivity index (χ2n) is 5.25. The summed E-state index contributed by atoms with van der Waals surface area (Å²) in [6.07, 6.45) is 1.46. The minimum absolute atomic E-state index is 0.152. The van der Waals surface area contributed by atoms with Gasteiger partial charge in [-0.2, -0.15) is 10.4 Å². The third-order valence-corrected chi connectivity index (χ3v) is 3.23. The van der Waals surface area contributed by atoms with Crippen molar-refractivity contribution in [2.24, 2.45) is 13.0 Å². The normalized spacial score (nSPS) is 11.8. The number of rotatable bonds is 4. The Morgan fingerprint density at radius 1 is 1.41 bits per heavy atom. The van der Waals surface area contributed by atoms with Crippen LogP contribution in [0.15, 0.2) is 30.6 Å². The summed E-state index contributed by atoms with van der Waals surface area (Å²) in [7, 11) is 1.79. The number of nitriles is 1. The van der Waals surface area contributed by atoms with Crippen LogP contribution in [0.3, 0.4) is 0 Å². The first-order valence-electron chi connectivity index (χ1n) is 6.93. The predicted molar refractivity (Wildman–Crippen MR) is 81.9 cm³/mol. The SMILES string of the molecule is CC(C)[C@H](NC(=O)Nc1cccc(C#N)c1)c1ncnn1C. The maximum absolute atomic E-state index is 12.2. The molecule has 7 nitrogen and oxygen atoms in total. The Morgan fingerprint density at radius 3 is 2.77 bits per heavy atom. The van der Waals surface area contributed by atoms with E-state index >= 15 is 0 Å². The van der Waals surface area contributed by atoms with Gasteiger partial charge in [-0.3, -0.25) is 4.68 Å². The average molecular weight is 298 g/mol. The molecule has 114 valence electrons. The van der Waals surface area contributed by atoms with Crippen LogP contribution in [-0.2, 0) is 7.05 Å². The lowest BCUT2D eigenvalue weighted by molar-refractivity contribution is 0.243. The number of nitrogens with one attached hydrogen (secondary N) is 2. The predicted octanol–water partition coefficient (Wildman–Crippen LogP) is 2.21.